The van der Waals surface area contributed by atoms with Crippen LogP contribution >= 0.6 is 0 Å². The van der Waals surface area contributed by atoms with Gasteiger partial charge in [-0.2, -0.15) is 0 Å². The quantitative estimate of drug-likeness (QED) is 0.879. The van der Waals surface area contributed by atoms with Crippen molar-refractivity contribution in [3.8, 4) is 0 Å². The maximum Gasteiger partial charge on any atom is 0.254 e. The van der Waals surface area contributed by atoms with Crippen LogP contribution in [0, 0.1) is 0 Å². The number of piperidine rings is 1. The Balaban J connectivity index is 1.72. The molecule has 1 saturated heterocycles. The van der Waals surface area contributed by atoms with Crippen molar-refractivity contribution in [3.63, 3.8) is 0 Å². The molecule has 4 nitrogen and oxygen atoms in total. The summed E-state index contributed by atoms with van der Waals surface area (Å²) < 4.78 is 0. The molecule has 4 heteroatoms. The first-order valence-electron chi connectivity index (χ1n) is 9.47. The Kier molecular flexibility index (Phi) is 5.72. The molecule has 0 saturated carbocycles. The molecule has 2 heterocycles. The number of hydrogen-bond donors (Lipinski definition) is 1. The topological polar surface area (TPSA) is 53.4 Å². The number of rotatable bonds is 5. The average Bonchev–Trinajstić information content (AvgIpc) is 2.66. The highest BCUT2D eigenvalue weighted by atomic mass is 16.3. The van der Waals surface area contributed by atoms with Crippen molar-refractivity contribution in [2.24, 2.45) is 0 Å². The Bertz CT molecular complexity index is 720. The fourth-order valence-corrected chi connectivity index (χ4v) is 3.49. The van der Waals surface area contributed by atoms with Gasteiger partial charge in [0, 0.05) is 18.3 Å². The van der Waals surface area contributed by atoms with Crippen molar-refractivity contribution < 1.29 is 9.90 Å². The van der Waals surface area contributed by atoms with Crippen LogP contribution in [-0.4, -0.2) is 33.0 Å². The van der Waals surface area contributed by atoms with Gasteiger partial charge in [-0.1, -0.05) is 18.2 Å². The van der Waals surface area contributed by atoms with Crippen LogP contribution in [0.2, 0.25) is 0 Å². The normalized spacial score (nSPS) is 18.0. The monoisotopic (exact) mass is 352 g/mol. The minimum Gasteiger partial charge on any atom is -0.390 e. The number of hydrogen-bond acceptors (Lipinski definition) is 3. The third-order valence-electron chi connectivity index (χ3n) is 5.02. The van der Waals surface area contributed by atoms with E-state index in [1.54, 1.807) is 6.20 Å². The molecule has 1 aromatic carbocycles. The summed E-state index contributed by atoms with van der Waals surface area (Å²) in [4.78, 5) is 19.5. The fourth-order valence-electron chi connectivity index (χ4n) is 3.49. The molecule has 2 aromatic rings. The zero-order valence-corrected chi connectivity index (χ0v) is 15.7. The van der Waals surface area contributed by atoms with Crippen molar-refractivity contribution >= 4 is 5.91 Å². The van der Waals surface area contributed by atoms with E-state index in [1.807, 2.05) is 61.2 Å². The molecule has 0 unspecified atom stereocenters. The largest absolute Gasteiger partial charge is 0.390 e. The summed E-state index contributed by atoms with van der Waals surface area (Å²) >= 11 is 0. The first-order chi connectivity index (χ1) is 12.4. The second-order valence-corrected chi connectivity index (χ2v) is 7.77. The predicted octanol–water partition coefficient (Wildman–Crippen LogP) is 4.15. The maximum absolute atomic E-state index is 13.1. The van der Waals surface area contributed by atoms with Crippen LogP contribution in [0.5, 0.6) is 0 Å². The zero-order valence-electron chi connectivity index (χ0n) is 15.7. The number of benzene rings is 1. The van der Waals surface area contributed by atoms with E-state index in [4.69, 9.17) is 0 Å². The van der Waals surface area contributed by atoms with Gasteiger partial charge in [0.1, 0.15) is 0 Å². The highest BCUT2D eigenvalue weighted by Gasteiger charge is 2.29. The Labute approximate surface area is 155 Å². The van der Waals surface area contributed by atoms with Gasteiger partial charge < -0.3 is 10.0 Å². The first kappa shape index (κ1) is 18.6. The van der Waals surface area contributed by atoms with Gasteiger partial charge in [-0.25, -0.2) is 0 Å². The van der Waals surface area contributed by atoms with Crippen LogP contribution in [0.4, 0.5) is 0 Å². The standard InChI is InChI=1S/C22H28N2O2/c1-22(2,26)14-13-17-9-11-18(12-10-17)21(25)24-16-6-4-8-20(24)19-7-3-5-15-23-19/h3,5,7,9-12,15,20,26H,4,6,8,13-14,16H2,1-2H3/t20-/m1/s1. The van der Waals surface area contributed by atoms with Gasteiger partial charge in [-0.3, -0.25) is 9.78 Å². The number of likely N-dealkylation sites (tertiary alicyclic amines) is 1. The van der Waals surface area contributed by atoms with Gasteiger partial charge in [0.25, 0.3) is 5.91 Å². The van der Waals surface area contributed by atoms with E-state index in [2.05, 4.69) is 4.98 Å². The van der Waals surface area contributed by atoms with Gasteiger partial charge in [0.2, 0.25) is 0 Å². The van der Waals surface area contributed by atoms with E-state index in [0.29, 0.717) is 6.42 Å². The number of carbonyl (C=O) groups is 1. The second kappa shape index (κ2) is 8.00. The molecule has 0 aliphatic carbocycles. The summed E-state index contributed by atoms with van der Waals surface area (Å²) in [5, 5.41) is 9.86. The third kappa shape index (κ3) is 4.70. The number of pyridine rings is 1. The SMILES string of the molecule is CC(C)(O)CCc1ccc(C(=O)N2CCCC[C@@H]2c2ccccn2)cc1. The summed E-state index contributed by atoms with van der Waals surface area (Å²) in [6.45, 7) is 4.42. The molecule has 1 amide bonds. The molecule has 1 aromatic heterocycles. The van der Waals surface area contributed by atoms with Gasteiger partial charge in [-0.05, 0) is 75.8 Å². The Hall–Kier alpha value is -2.20. The molecule has 1 aliphatic heterocycles. The van der Waals surface area contributed by atoms with Crippen molar-refractivity contribution in [1.29, 1.82) is 0 Å². The van der Waals surface area contributed by atoms with Crippen molar-refractivity contribution in [2.45, 2.75) is 57.6 Å². The van der Waals surface area contributed by atoms with E-state index >= 15 is 0 Å². The molecule has 26 heavy (non-hydrogen) atoms. The van der Waals surface area contributed by atoms with Crippen LogP contribution in [0.3, 0.4) is 0 Å². The molecule has 0 spiro atoms. The van der Waals surface area contributed by atoms with Crippen molar-refractivity contribution in [3.05, 3.63) is 65.5 Å². The third-order valence-corrected chi connectivity index (χ3v) is 5.02. The maximum atomic E-state index is 13.1. The second-order valence-electron chi connectivity index (χ2n) is 7.77. The fraction of sp³-hybridized carbons (Fsp3) is 0.455. The molecule has 1 aliphatic rings. The van der Waals surface area contributed by atoms with Gasteiger partial charge in [0.15, 0.2) is 0 Å². The summed E-state index contributed by atoms with van der Waals surface area (Å²) in [5.74, 6) is 0.0781. The number of aromatic nitrogens is 1. The number of amides is 1. The lowest BCUT2D eigenvalue weighted by Gasteiger charge is -2.35. The lowest BCUT2D eigenvalue weighted by Crippen LogP contribution is -2.38. The Morgan fingerprint density at radius 1 is 1.19 bits per heavy atom. The smallest absolute Gasteiger partial charge is 0.254 e. The average molecular weight is 352 g/mol. The summed E-state index contributed by atoms with van der Waals surface area (Å²) in [6, 6.07) is 13.8. The molecule has 1 fully saturated rings. The zero-order chi connectivity index (χ0) is 18.6. The highest BCUT2D eigenvalue weighted by Crippen LogP contribution is 2.31. The van der Waals surface area contributed by atoms with E-state index < -0.39 is 5.60 Å². The molecule has 0 bridgehead atoms. The van der Waals surface area contributed by atoms with E-state index in [1.165, 1.54) is 0 Å². The van der Waals surface area contributed by atoms with Gasteiger partial charge >= 0.3 is 0 Å². The summed E-state index contributed by atoms with van der Waals surface area (Å²) in [6.07, 6.45) is 6.43. The minimum absolute atomic E-state index is 0.0623. The van der Waals surface area contributed by atoms with Gasteiger partial charge in [-0.15, -0.1) is 0 Å². The number of carbonyl (C=O) groups excluding carboxylic acids is 1. The van der Waals surface area contributed by atoms with Gasteiger partial charge in [0.05, 0.1) is 17.3 Å². The highest BCUT2D eigenvalue weighted by molar-refractivity contribution is 5.94. The molecule has 0 radical (unpaired) electrons. The number of nitrogens with zero attached hydrogens (tertiary/aromatic N) is 2. The minimum atomic E-state index is -0.668. The van der Waals surface area contributed by atoms with Crippen LogP contribution < -0.4 is 0 Å². The molecule has 138 valence electrons. The number of aryl methyl sites for hydroxylation is 1. The Morgan fingerprint density at radius 2 is 1.96 bits per heavy atom. The summed E-state index contributed by atoms with van der Waals surface area (Å²) in [7, 11) is 0. The molecular weight excluding hydrogens is 324 g/mol. The first-order valence-corrected chi connectivity index (χ1v) is 9.47. The van der Waals surface area contributed by atoms with E-state index in [-0.39, 0.29) is 11.9 Å². The summed E-state index contributed by atoms with van der Waals surface area (Å²) in [5.41, 5.74) is 2.17. The van der Waals surface area contributed by atoms with Crippen LogP contribution in [0.15, 0.2) is 48.7 Å². The predicted molar refractivity (Wildman–Crippen MR) is 103 cm³/mol. The van der Waals surface area contributed by atoms with E-state index in [0.717, 1.165) is 49.0 Å². The lowest BCUT2D eigenvalue weighted by atomic mass is 9.96. The van der Waals surface area contributed by atoms with Crippen molar-refractivity contribution in [2.75, 3.05) is 6.54 Å². The van der Waals surface area contributed by atoms with Crippen LogP contribution in [0.25, 0.3) is 0 Å². The van der Waals surface area contributed by atoms with Crippen LogP contribution in [-0.2, 0) is 6.42 Å². The van der Waals surface area contributed by atoms with E-state index in [9.17, 15) is 9.90 Å². The molecule has 1 atom stereocenters. The number of aliphatic hydroxyl groups is 1. The Morgan fingerprint density at radius 3 is 2.62 bits per heavy atom. The molecule has 1 N–H and O–H groups in total. The lowest BCUT2D eigenvalue weighted by molar-refractivity contribution is 0.0605. The molecular formula is C22H28N2O2. The molecule has 3 rings (SSSR count). The van der Waals surface area contributed by atoms with Crippen molar-refractivity contribution in [1.82, 2.24) is 9.88 Å². The van der Waals surface area contributed by atoms with Crippen LogP contribution in [0.1, 0.15) is 67.2 Å².